The van der Waals surface area contributed by atoms with Gasteiger partial charge < -0.3 is 10.6 Å². The first-order chi connectivity index (χ1) is 7.78. The van der Waals surface area contributed by atoms with Crippen molar-refractivity contribution in [2.75, 3.05) is 11.9 Å². The van der Waals surface area contributed by atoms with Gasteiger partial charge in [0.2, 0.25) is 5.91 Å². The minimum atomic E-state index is -0.0696. The molecule has 5 heteroatoms. The molecule has 102 valence electrons. The van der Waals surface area contributed by atoms with Crippen molar-refractivity contribution < 1.29 is 4.79 Å². The Labute approximate surface area is 120 Å². The molecule has 0 radical (unpaired) electrons. The topological polar surface area (TPSA) is 41.1 Å². The zero-order valence-corrected chi connectivity index (χ0v) is 12.7. The molecule has 0 bridgehead atoms. The Balaban J connectivity index is 0.00000289. The molecule has 2 N–H and O–H groups in total. The van der Waals surface area contributed by atoms with E-state index in [9.17, 15) is 4.79 Å². The first-order valence-electron chi connectivity index (χ1n) is 5.59. The molecule has 0 atom stereocenters. The third-order valence-corrected chi connectivity index (χ3v) is 2.64. The van der Waals surface area contributed by atoms with Gasteiger partial charge in [-0.1, -0.05) is 17.7 Å². The number of aryl methyl sites for hydroxylation is 1. The quantitative estimate of drug-likeness (QED) is 0.896. The van der Waals surface area contributed by atoms with E-state index < -0.39 is 0 Å². The van der Waals surface area contributed by atoms with Crippen LogP contribution >= 0.6 is 24.0 Å². The second kappa shape index (κ2) is 6.98. The van der Waals surface area contributed by atoms with E-state index in [4.69, 9.17) is 11.6 Å². The van der Waals surface area contributed by atoms with Crippen molar-refractivity contribution in [2.24, 2.45) is 0 Å². The van der Waals surface area contributed by atoms with Gasteiger partial charge in [0, 0.05) is 16.2 Å². The van der Waals surface area contributed by atoms with Gasteiger partial charge in [0.15, 0.2) is 0 Å². The van der Waals surface area contributed by atoms with Crippen LogP contribution in [0.4, 0.5) is 5.69 Å². The lowest BCUT2D eigenvalue weighted by Gasteiger charge is -2.20. The normalized spacial score (nSPS) is 10.7. The number of amides is 1. The van der Waals surface area contributed by atoms with Crippen molar-refractivity contribution in [1.29, 1.82) is 0 Å². The third-order valence-electron chi connectivity index (χ3n) is 2.23. The van der Waals surface area contributed by atoms with Crippen LogP contribution in [-0.2, 0) is 4.79 Å². The summed E-state index contributed by atoms with van der Waals surface area (Å²) in [7, 11) is 0. The summed E-state index contributed by atoms with van der Waals surface area (Å²) in [6.45, 7) is 8.26. The standard InChI is InChI=1S/C13H19ClN2O.ClH/c1-9-5-6-10(7-11(9)14)16-12(17)8-15-13(2,3)4;/h5-7,15H,8H2,1-4H3,(H,16,17);1H. The Bertz CT molecular complexity index is 414. The number of benzene rings is 1. The van der Waals surface area contributed by atoms with Crippen LogP contribution in [0.15, 0.2) is 18.2 Å². The van der Waals surface area contributed by atoms with Crippen molar-refractivity contribution in [3.8, 4) is 0 Å². The van der Waals surface area contributed by atoms with E-state index in [0.717, 1.165) is 11.3 Å². The highest BCUT2D eigenvalue weighted by atomic mass is 35.5. The first kappa shape index (κ1) is 17.2. The lowest BCUT2D eigenvalue weighted by atomic mass is 10.1. The van der Waals surface area contributed by atoms with Gasteiger partial charge in [-0.3, -0.25) is 4.79 Å². The molecule has 0 aliphatic carbocycles. The third kappa shape index (κ3) is 6.24. The van der Waals surface area contributed by atoms with Crippen LogP contribution < -0.4 is 10.6 Å². The molecule has 0 aliphatic rings. The maximum atomic E-state index is 11.6. The van der Waals surface area contributed by atoms with E-state index in [2.05, 4.69) is 10.6 Å². The van der Waals surface area contributed by atoms with E-state index >= 15 is 0 Å². The Morgan fingerprint density at radius 1 is 1.33 bits per heavy atom. The maximum absolute atomic E-state index is 11.6. The molecule has 0 fully saturated rings. The summed E-state index contributed by atoms with van der Waals surface area (Å²) in [5, 5.41) is 6.58. The summed E-state index contributed by atoms with van der Waals surface area (Å²) in [6.07, 6.45) is 0. The molecule has 0 saturated heterocycles. The van der Waals surface area contributed by atoms with Crippen LogP contribution in [0.5, 0.6) is 0 Å². The second-order valence-electron chi connectivity index (χ2n) is 5.12. The van der Waals surface area contributed by atoms with Crippen LogP contribution in [0.25, 0.3) is 0 Å². The predicted octanol–water partition coefficient (Wildman–Crippen LogP) is 3.40. The van der Waals surface area contributed by atoms with Gasteiger partial charge in [-0.15, -0.1) is 12.4 Å². The molecule has 1 amide bonds. The number of anilines is 1. The van der Waals surface area contributed by atoms with E-state index in [0.29, 0.717) is 5.02 Å². The average molecular weight is 291 g/mol. The van der Waals surface area contributed by atoms with Crippen molar-refractivity contribution in [3.05, 3.63) is 28.8 Å². The largest absolute Gasteiger partial charge is 0.325 e. The molecule has 1 aromatic rings. The fourth-order valence-electron chi connectivity index (χ4n) is 1.22. The highest BCUT2D eigenvalue weighted by Crippen LogP contribution is 2.19. The highest BCUT2D eigenvalue weighted by Gasteiger charge is 2.11. The van der Waals surface area contributed by atoms with Crippen molar-refractivity contribution >= 4 is 35.6 Å². The smallest absolute Gasteiger partial charge is 0.238 e. The van der Waals surface area contributed by atoms with E-state index in [1.165, 1.54) is 0 Å². The molecule has 3 nitrogen and oxygen atoms in total. The van der Waals surface area contributed by atoms with Crippen LogP contribution in [-0.4, -0.2) is 18.0 Å². The summed E-state index contributed by atoms with van der Waals surface area (Å²) in [5.41, 5.74) is 1.65. The number of halogens is 2. The molecule has 1 rings (SSSR count). The Hall–Kier alpha value is -0.770. The van der Waals surface area contributed by atoms with Crippen molar-refractivity contribution in [2.45, 2.75) is 33.2 Å². The summed E-state index contributed by atoms with van der Waals surface area (Å²) < 4.78 is 0. The van der Waals surface area contributed by atoms with Gasteiger partial charge in [0.25, 0.3) is 0 Å². The van der Waals surface area contributed by atoms with Crippen LogP contribution in [0.3, 0.4) is 0 Å². The SMILES string of the molecule is Cc1ccc(NC(=O)CNC(C)(C)C)cc1Cl.Cl. The minimum Gasteiger partial charge on any atom is -0.325 e. The number of carbonyl (C=O) groups excluding carboxylic acids is 1. The zero-order chi connectivity index (χ0) is 13.1. The molecule has 1 aromatic carbocycles. The second-order valence-corrected chi connectivity index (χ2v) is 5.52. The van der Waals surface area contributed by atoms with Gasteiger partial charge in [0.05, 0.1) is 6.54 Å². The first-order valence-corrected chi connectivity index (χ1v) is 5.97. The van der Waals surface area contributed by atoms with Crippen LogP contribution in [0, 0.1) is 6.92 Å². The fourth-order valence-corrected chi connectivity index (χ4v) is 1.40. The van der Waals surface area contributed by atoms with Gasteiger partial charge in [-0.05, 0) is 45.4 Å². The lowest BCUT2D eigenvalue weighted by molar-refractivity contribution is -0.115. The van der Waals surface area contributed by atoms with E-state index in [1.54, 1.807) is 6.07 Å². The van der Waals surface area contributed by atoms with Crippen LogP contribution in [0.1, 0.15) is 26.3 Å². The van der Waals surface area contributed by atoms with Gasteiger partial charge in [-0.25, -0.2) is 0 Å². The average Bonchev–Trinajstić information content (AvgIpc) is 2.20. The molecule has 18 heavy (non-hydrogen) atoms. The number of carbonyl (C=O) groups is 1. The summed E-state index contributed by atoms with van der Waals surface area (Å²) in [4.78, 5) is 11.6. The van der Waals surface area contributed by atoms with E-state index in [-0.39, 0.29) is 30.4 Å². The van der Waals surface area contributed by atoms with Crippen molar-refractivity contribution in [1.82, 2.24) is 5.32 Å². The zero-order valence-electron chi connectivity index (χ0n) is 11.1. The van der Waals surface area contributed by atoms with Gasteiger partial charge in [-0.2, -0.15) is 0 Å². The summed E-state index contributed by atoms with van der Waals surface area (Å²) in [5.74, 6) is -0.0696. The Morgan fingerprint density at radius 2 is 1.94 bits per heavy atom. The minimum absolute atomic E-state index is 0. The number of hydrogen-bond donors (Lipinski definition) is 2. The molecular weight excluding hydrogens is 271 g/mol. The fraction of sp³-hybridized carbons (Fsp3) is 0.462. The highest BCUT2D eigenvalue weighted by molar-refractivity contribution is 6.31. The van der Waals surface area contributed by atoms with Crippen LogP contribution in [0.2, 0.25) is 5.02 Å². The molecule has 0 spiro atoms. The molecule has 0 aliphatic heterocycles. The molecular formula is C13H20Cl2N2O. The molecule has 0 unspecified atom stereocenters. The molecule has 0 aromatic heterocycles. The van der Waals surface area contributed by atoms with Gasteiger partial charge in [0.1, 0.15) is 0 Å². The Kier molecular flexibility index (Phi) is 6.68. The number of rotatable bonds is 3. The lowest BCUT2D eigenvalue weighted by Crippen LogP contribution is -2.41. The summed E-state index contributed by atoms with van der Waals surface area (Å²) in [6, 6.07) is 5.48. The monoisotopic (exact) mass is 290 g/mol. The number of nitrogens with one attached hydrogen (secondary N) is 2. The predicted molar refractivity (Wildman–Crippen MR) is 79.8 cm³/mol. The molecule has 0 heterocycles. The molecule has 0 saturated carbocycles. The Morgan fingerprint density at radius 3 is 2.44 bits per heavy atom. The summed E-state index contributed by atoms with van der Waals surface area (Å²) >= 11 is 5.98. The number of hydrogen-bond acceptors (Lipinski definition) is 2. The maximum Gasteiger partial charge on any atom is 0.238 e. The van der Waals surface area contributed by atoms with Gasteiger partial charge >= 0.3 is 0 Å². The van der Waals surface area contributed by atoms with E-state index in [1.807, 2.05) is 39.8 Å². The van der Waals surface area contributed by atoms with Crippen molar-refractivity contribution in [3.63, 3.8) is 0 Å².